The van der Waals surface area contributed by atoms with Crippen molar-refractivity contribution in [2.45, 2.75) is 38.3 Å². The number of carbonyl (C=O) groups is 3. The Kier molecular flexibility index (Phi) is 4.89. The standard InChI is InChI=1S/C23H21N3O3/c1-15(17-5-3-2-4-6-17)25(22(28)18-9-10-18)20-13-21(27)26(23(20)29)19-11-7-16(14-24)8-12-19/h2-8,11-12,15,18,20H,9-10,13H2,1H3. The molecule has 2 fully saturated rings. The molecule has 6 heteroatoms. The minimum Gasteiger partial charge on any atom is -0.323 e. The highest BCUT2D eigenvalue weighted by atomic mass is 16.2. The Morgan fingerprint density at radius 3 is 2.34 bits per heavy atom. The summed E-state index contributed by atoms with van der Waals surface area (Å²) in [4.78, 5) is 41.8. The molecule has 2 aromatic carbocycles. The SMILES string of the molecule is CC(c1ccccc1)N(C(=O)C1CC1)C1CC(=O)N(c2ccc(C#N)cc2)C1=O. The topological polar surface area (TPSA) is 81.5 Å². The summed E-state index contributed by atoms with van der Waals surface area (Å²) in [6.07, 6.45) is 1.62. The lowest BCUT2D eigenvalue weighted by atomic mass is 10.0. The molecule has 2 aliphatic rings. The van der Waals surface area contributed by atoms with Crippen LogP contribution in [0.25, 0.3) is 0 Å². The third kappa shape index (κ3) is 3.52. The first-order valence-corrected chi connectivity index (χ1v) is 9.75. The van der Waals surface area contributed by atoms with Gasteiger partial charge >= 0.3 is 0 Å². The number of amides is 3. The number of hydrogen-bond acceptors (Lipinski definition) is 4. The number of nitriles is 1. The molecule has 0 bridgehead atoms. The van der Waals surface area contributed by atoms with E-state index in [-0.39, 0.29) is 30.2 Å². The van der Waals surface area contributed by atoms with Gasteiger partial charge in [0.2, 0.25) is 11.8 Å². The lowest BCUT2D eigenvalue weighted by molar-refractivity contribution is -0.142. The summed E-state index contributed by atoms with van der Waals surface area (Å²) < 4.78 is 0. The molecule has 6 nitrogen and oxygen atoms in total. The number of nitrogens with zero attached hydrogens (tertiary/aromatic N) is 3. The molecule has 146 valence electrons. The lowest BCUT2D eigenvalue weighted by Crippen LogP contribution is -2.47. The first-order valence-electron chi connectivity index (χ1n) is 9.75. The van der Waals surface area contributed by atoms with Crippen LogP contribution in [0.4, 0.5) is 5.69 Å². The average Bonchev–Trinajstić information content (AvgIpc) is 3.55. The fourth-order valence-corrected chi connectivity index (χ4v) is 3.84. The van der Waals surface area contributed by atoms with E-state index in [2.05, 4.69) is 0 Å². The molecule has 1 aliphatic carbocycles. The summed E-state index contributed by atoms with van der Waals surface area (Å²) in [6, 6.07) is 16.8. The van der Waals surface area contributed by atoms with E-state index in [1.165, 1.54) is 0 Å². The van der Waals surface area contributed by atoms with Crippen LogP contribution in [0.2, 0.25) is 0 Å². The van der Waals surface area contributed by atoms with Crippen LogP contribution in [0, 0.1) is 17.2 Å². The predicted molar refractivity (Wildman–Crippen MR) is 106 cm³/mol. The van der Waals surface area contributed by atoms with E-state index in [0.717, 1.165) is 23.3 Å². The fourth-order valence-electron chi connectivity index (χ4n) is 3.84. The normalized spacial score (nSPS) is 19.7. The van der Waals surface area contributed by atoms with E-state index in [1.807, 2.05) is 43.3 Å². The molecule has 0 aromatic heterocycles. The van der Waals surface area contributed by atoms with Crippen LogP contribution >= 0.6 is 0 Å². The molecule has 1 saturated heterocycles. The smallest absolute Gasteiger partial charge is 0.257 e. The highest BCUT2D eigenvalue weighted by Crippen LogP contribution is 2.38. The second-order valence-electron chi connectivity index (χ2n) is 7.55. The molecule has 29 heavy (non-hydrogen) atoms. The van der Waals surface area contributed by atoms with Crippen molar-refractivity contribution in [1.29, 1.82) is 5.26 Å². The van der Waals surface area contributed by atoms with Crippen LogP contribution in [-0.2, 0) is 14.4 Å². The van der Waals surface area contributed by atoms with E-state index < -0.39 is 11.9 Å². The van der Waals surface area contributed by atoms with Crippen molar-refractivity contribution in [3.63, 3.8) is 0 Å². The van der Waals surface area contributed by atoms with Crippen LogP contribution in [-0.4, -0.2) is 28.7 Å². The molecular formula is C23H21N3O3. The van der Waals surface area contributed by atoms with Crippen molar-refractivity contribution in [2.75, 3.05) is 4.90 Å². The van der Waals surface area contributed by atoms with Gasteiger partial charge in [-0.3, -0.25) is 14.4 Å². The molecule has 0 spiro atoms. The van der Waals surface area contributed by atoms with Crippen LogP contribution in [0.15, 0.2) is 54.6 Å². The second kappa shape index (κ2) is 7.51. The molecule has 1 saturated carbocycles. The molecule has 2 unspecified atom stereocenters. The molecule has 0 radical (unpaired) electrons. The van der Waals surface area contributed by atoms with Crippen molar-refractivity contribution in [3.05, 3.63) is 65.7 Å². The van der Waals surface area contributed by atoms with Gasteiger partial charge in [-0.1, -0.05) is 30.3 Å². The van der Waals surface area contributed by atoms with Gasteiger partial charge in [0.05, 0.1) is 29.8 Å². The van der Waals surface area contributed by atoms with E-state index in [9.17, 15) is 14.4 Å². The molecule has 2 aromatic rings. The van der Waals surface area contributed by atoms with Gasteiger partial charge in [0.1, 0.15) is 6.04 Å². The van der Waals surface area contributed by atoms with Crippen LogP contribution in [0.3, 0.4) is 0 Å². The van der Waals surface area contributed by atoms with Crippen molar-refractivity contribution in [3.8, 4) is 6.07 Å². The molecular weight excluding hydrogens is 366 g/mol. The molecule has 0 N–H and O–H groups in total. The molecule has 4 rings (SSSR count). The number of rotatable bonds is 5. The van der Waals surface area contributed by atoms with Gasteiger partial charge in [-0.2, -0.15) is 5.26 Å². The monoisotopic (exact) mass is 387 g/mol. The molecule has 2 atom stereocenters. The highest BCUT2D eigenvalue weighted by molar-refractivity contribution is 6.23. The summed E-state index contributed by atoms with van der Waals surface area (Å²) in [5.41, 5.74) is 1.80. The molecule has 3 amide bonds. The Morgan fingerprint density at radius 2 is 1.76 bits per heavy atom. The predicted octanol–water partition coefficient (Wildman–Crippen LogP) is 3.19. The molecule has 1 aliphatic heterocycles. The van der Waals surface area contributed by atoms with Gasteiger partial charge < -0.3 is 4.90 Å². The number of carbonyl (C=O) groups excluding carboxylic acids is 3. The third-order valence-electron chi connectivity index (χ3n) is 5.59. The van der Waals surface area contributed by atoms with Crippen LogP contribution < -0.4 is 4.90 Å². The van der Waals surface area contributed by atoms with Crippen molar-refractivity contribution >= 4 is 23.4 Å². The summed E-state index contributed by atoms with van der Waals surface area (Å²) in [6.45, 7) is 1.90. The maximum absolute atomic E-state index is 13.2. The van der Waals surface area contributed by atoms with Gasteiger partial charge in [0.25, 0.3) is 5.91 Å². The van der Waals surface area contributed by atoms with E-state index in [4.69, 9.17) is 5.26 Å². The Balaban J connectivity index is 1.66. The lowest BCUT2D eigenvalue weighted by Gasteiger charge is -2.33. The maximum atomic E-state index is 13.2. The number of benzene rings is 2. The first kappa shape index (κ1) is 18.9. The summed E-state index contributed by atoms with van der Waals surface area (Å²) in [5.74, 6) is -0.850. The fraction of sp³-hybridized carbons (Fsp3) is 0.304. The second-order valence-corrected chi connectivity index (χ2v) is 7.55. The summed E-state index contributed by atoms with van der Waals surface area (Å²) in [5, 5.41) is 8.96. The zero-order valence-electron chi connectivity index (χ0n) is 16.1. The summed E-state index contributed by atoms with van der Waals surface area (Å²) in [7, 11) is 0. The van der Waals surface area contributed by atoms with E-state index >= 15 is 0 Å². The third-order valence-corrected chi connectivity index (χ3v) is 5.59. The van der Waals surface area contributed by atoms with Crippen molar-refractivity contribution in [2.24, 2.45) is 5.92 Å². The quantitative estimate of drug-likeness (QED) is 0.738. The van der Waals surface area contributed by atoms with Gasteiger partial charge in [0.15, 0.2) is 0 Å². The van der Waals surface area contributed by atoms with Gasteiger partial charge in [-0.05, 0) is 49.6 Å². The van der Waals surface area contributed by atoms with E-state index in [0.29, 0.717) is 11.3 Å². The van der Waals surface area contributed by atoms with Crippen molar-refractivity contribution < 1.29 is 14.4 Å². The Hall–Kier alpha value is -3.46. The van der Waals surface area contributed by atoms with Gasteiger partial charge in [-0.25, -0.2) is 4.90 Å². The zero-order chi connectivity index (χ0) is 20.5. The number of hydrogen-bond donors (Lipinski definition) is 0. The average molecular weight is 387 g/mol. The first-order chi connectivity index (χ1) is 14.0. The Labute approximate surface area is 169 Å². The maximum Gasteiger partial charge on any atom is 0.257 e. The van der Waals surface area contributed by atoms with Gasteiger partial charge in [0, 0.05) is 5.92 Å². The molecule has 1 heterocycles. The number of imide groups is 1. The van der Waals surface area contributed by atoms with Crippen LogP contribution in [0.5, 0.6) is 0 Å². The largest absolute Gasteiger partial charge is 0.323 e. The Bertz CT molecular complexity index is 990. The van der Waals surface area contributed by atoms with E-state index in [1.54, 1.807) is 29.2 Å². The number of anilines is 1. The zero-order valence-corrected chi connectivity index (χ0v) is 16.1. The summed E-state index contributed by atoms with van der Waals surface area (Å²) >= 11 is 0. The van der Waals surface area contributed by atoms with Crippen LogP contribution in [0.1, 0.15) is 43.4 Å². The van der Waals surface area contributed by atoms with Gasteiger partial charge in [-0.15, -0.1) is 0 Å². The Morgan fingerprint density at radius 1 is 1.10 bits per heavy atom. The highest BCUT2D eigenvalue weighted by Gasteiger charge is 2.48. The van der Waals surface area contributed by atoms with Crippen molar-refractivity contribution in [1.82, 2.24) is 4.90 Å². The minimum atomic E-state index is -0.818. The minimum absolute atomic E-state index is 0.0333.